The van der Waals surface area contributed by atoms with E-state index in [2.05, 4.69) is 4.74 Å². The zero-order chi connectivity index (χ0) is 9.68. The second-order valence-corrected chi connectivity index (χ2v) is 2.79. The molecule has 0 unspecified atom stereocenters. The Kier molecular flexibility index (Phi) is 3.53. The number of rotatable bonds is 2. The predicted octanol–water partition coefficient (Wildman–Crippen LogP) is 2.44. The first kappa shape index (κ1) is 9.81. The van der Waals surface area contributed by atoms with Gasteiger partial charge in [-0.05, 0) is 5.56 Å². The Labute approximate surface area is 81.8 Å². The Morgan fingerprint density at radius 2 is 2.00 bits per heavy atom. The lowest BCUT2D eigenvalue weighted by Gasteiger charge is -1.97. The molecular formula is C10H9ClO2. The van der Waals surface area contributed by atoms with Gasteiger partial charge in [0.15, 0.2) is 0 Å². The van der Waals surface area contributed by atoms with Gasteiger partial charge in [-0.25, -0.2) is 4.79 Å². The van der Waals surface area contributed by atoms with Crippen LogP contribution in [0.5, 0.6) is 0 Å². The number of benzene rings is 1. The lowest BCUT2D eigenvalue weighted by molar-refractivity contribution is -0.134. The molecule has 68 valence electrons. The van der Waals surface area contributed by atoms with Gasteiger partial charge >= 0.3 is 5.97 Å². The normalized spacial score (nSPS) is 11.1. The molecule has 13 heavy (non-hydrogen) atoms. The molecule has 0 bridgehead atoms. The highest BCUT2D eigenvalue weighted by Crippen LogP contribution is 2.17. The van der Waals surface area contributed by atoms with E-state index >= 15 is 0 Å². The Hall–Kier alpha value is -1.28. The number of esters is 1. The van der Waals surface area contributed by atoms with Crippen molar-refractivity contribution in [3.05, 3.63) is 42.0 Å². The van der Waals surface area contributed by atoms with Gasteiger partial charge in [-0.3, -0.25) is 0 Å². The van der Waals surface area contributed by atoms with E-state index in [0.29, 0.717) is 5.03 Å². The smallest absolute Gasteiger partial charge is 0.331 e. The van der Waals surface area contributed by atoms with E-state index in [-0.39, 0.29) is 0 Å². The molecule has 0 heterocycles. The monoisotopic (exact) mass is 196 g/mol. The molecule has 0 amide bonds. The van der Waals surface area contributed by atoms with E-state index in [4.69, 9.17) is 11.6 Å². The van der Waals surface area contributed by atoms with Gasteiger partial charge in [0.1, 0.15) is 0 Å². The molecule has 0 aliphatic rings. The molecule has 0 atom stereocenters. The fraction of sp³-hybridized carbons (Fsp3) is 0.100. The van der Waals surface area contributed by atoms with Crippen LogP contribution in [0.25, 0.3) is 5.03 Å². The maximum Gasteiger partial charge on any atom is 0.331 e. The Morgan fingerprint density at radius 1 is 1.38 bits per heavy atom. The van der Waals surface area contributed by atoms with Crippen molar-refractivity contribution in [2.24, 2.45) is 0 Å². The molecule has 0 N–H and O–H groups in total. The van der Waals surface area contributed by atoms with Gasteiger partial charge < -0.3 is 4.74 Å². The van der Waals surface area contributed by atoms with Crippen molar-refractivity contribution < 1.29 is 9.53 Å². The van der Waals surface area contributed by atoms with Gasteiger partial charge in [-0.15, -0.1) is 0 Å². The third-order valence-corrected chi connectivity index (χ3v) is 1.82. The zero-order valence-corrected chi connectivity index (χ0v) is 7.91. The Morgan fingerprint density at radius 3 is 2.54 bits per heavy atom. The third-order valence-electron chi connectivity index (χ3n) is 1.50. The van der Waals surface area contributed by atoms with Crippen LogP contribution in [0, 0.1) is 0 Å². The Balaban J connectivity index is 2.85. The molecule has 0 aromatic heterocycles. The summed E-state index contributed by atoms with van der Waals surface area (Å²) in [6, 6.07) is 9.22. The third kappa shape index (κ3) is 2.92. The molecule has 1 rings (SSSR count). The number of methoxy groups -OCH3 is 1. The number of hydrogen-bond donors (Lipinski definition) is 0. The summed E-state index contributed by atoms with van der Waals surface area (Å²) in [4.78, 5) is 10.8. The summed E-state index contributed by atoms with van der Waals surface area (Å²) in [7, 11) is 1.31. The lowest BCUT2D eigenvalue weighted by Crippen LogP contribution is -1.94. The second kappa shape index (κ2) is 4.67. The number of carbonyl (C=O) groups excluding carboxylic acids is 1. The van der Waals surface area contributed by atoms with Gasteiger partial charge in [0.05, 0.1) is 12.1 Å². The molecule has 0 fully saturated rings. The molecule has 2 nitrogen and oxygen atoms in total. The minimum absolute atomic E-state index is 0.382. The van der Waals surface area contributed by atoms with Crippen molar-refractivity contribution >= 4 is 22.6 Å². The van der Waals surface area contributed by atoms with Crippen molar-refractivity contribution in [2.45, 2.75) is 0 Å². The van der Waals surface area contributed by atoms with Crippen LogP contribution in [-0.2, 0) is 9.53 Å². The standard InChI is InChI=1S/C10H9ClO2/c1-13-10(12)7-9(11)8-5-3-2-4-6-8/h2-7H,1H3. The van der Waals surface area contributed by atoms with Crippen LogP contribution in [0.1, 0.15) is 5.56 Å². The van der Waals surface area contributed by atoms with Crippen LogP contribution in [0.3, 0.4) is 0 Å². The SMILES string of the molecule is COC(=O)C=C(Cl)c1ccccc1. The molecule has 0 saturated carbocycles. The molecule has 1 aromatic carbocycles. The van der Waals surface area contributed by atoms with E-state index < -0.39 is 5.97 Å². The summed E-state index contributed by atoms with van der Waals surface area (Å²) in [6.45, 7) is 0. The first-order valence-electron chi connectivity index (χ1n) is 3.74. The Bertz CT molecular complexity index is 317. The summed E-state index contributed by atoms with van der Waals surface area (Å²) in [5, 5.41) is 0.382. The van der Waals surface area contributed by atoms with E-state index in [1.54, 1.807) is 0 Å². The zero-order valence-electron chi connectivity index (χ0n) is 7.16. The highest BCUT2D eigenvalue weighted by molar-refractivity contribution is 6.50. The van der Waals surface area contributed by atoms with E-state index in [1.807, 2.05) is 30.3 Å². The fourth-order valence-electron chi connectivity index (χ4n) is 0.843. The van der Waals surface area contributed by atoms with E-state index in [1.165, 1.54) is 13.2 Å². The van der Waals surface area contributed by atoms with Crippen LogP contribution in [0.4, 0.5) is 0 Å². The maximum absolute atomic E-state index is 10.8. The van der Waals surface area contributed by atoms with Crippen LogP contribution >= 0.6 is 11.6 Å². The summed E-state index contributed by atoms with van der Waals surface area (Å²) in [5.74, 6) is -0.450. The van der Waals surface area contributed by atoms with E-state index in [0.717, 1.165) is 5.56 Å². The number of carbonyl (C=O) groups is 1. The van der Waals surface area contributed by atoms with Crippen molar-refractivity contribution in [3.63, 3.8) is 0 Å². The molecule has 0 aliphatic heterocycles. The minimum atomic E-state index is -0.450. The van der Waals surface area contributed by atoms with Gasteiger partial charge in [-0.1, -0.05) is 41.9 Å². The van der Waals surface area contributed by atoms with Crippen LogP contribution in [-0.4, -0.2) is 13.1 Å². The van der Waals surface area contributed by atoms with Crippen LogP contribution in [0.2, 0.25) is 0 Å². The molecular weight excluding hydrogens is 188 g/mol. The lowest BCUT2D eigenvalue weighted by atomic mass is 10.2. The van der Waals surface area contributed by atoms with Crippen molar-refractivity contribution in [1.29, 1.82) is 0 Å². The van der Waals surface area contributed by atoms with Crippen molar-refractivity contribution in [1.82, 2.24) is 0 Å². The molecule has 1 aromatic rings. The minimum Gasteiger partial charge on any atom is -0.466 e. The summed E-state index contributed by atoms with van der Waals surface area (Å²) in [6.07, 6.45) is 1.25. The van der Waals surface area contributed by atoms with Gasteiger partial charge in [0.2, 0.25) is 0 Å². The molecule has 0 saturated heterocycles. The number of halogens is 1. The van der Waals surface area contributed by atoms with Crippen LogP contribution < -0.4 is 0 Å². The molecule has 0 spiro atoms. The average molecular weight is 197 g/mol. The second-order valence-electron chi connectivity index (χ2n) is 2.38. The van der Waals surface area contributed by atoms with Crippen molar-refractivity contribution in [2.75, 3.05) is 7.11 Å². The fourth-order valence-corrected chi connectivity index (χ4v) is 1.06. The van der Waals surface area contributed by atoms with Gasteiger partial charge in [-0.2, -0.15) is 0 Å². The molecule has 0 aliphatic carbocycles. The highest BCUT2D eigenvalue weighted by Gasteiger charge is 2.00. The van der Waals surface area contributed by atoms with Gasteiger partial charge in [0, 0.05) is 6.08 Å². The largest absolute Gasteiger partial charge is 0.466 e. The number of hydrogen-bond acceptors (Lipinski definition) is 2. The number of ether oxygens (including phenoxy) is 1. The topological polar surface area (TPSA) is 26.3 Å². The highest BCUT2D eigenvalue weighted by atomic mass is 35.5. The molecule has 3 heteroatoms. The maximum atomic E-state index is 10.8. The van der Waals surface area contributed by atoms with Crippen molar-refractivity contribution in [3.8, 4) is 0 Å². The average Bonchev–Trinajstić information content (AvgIpc) is 2.19. The first-order chi connectivity index (χ1) is 6.24. The quantitative estimate of drug-likeness (QED) is 0.537. The van der Waals surface area contributed by atoms with E-state index in [9.17, 15) is 4.79 Å². The van der Waals surface area contributed by atoms with Crippen LogP contribution in [0.15, 0.2) is 36.4 Å². The first-order valence-corrected chi connectivity index (χ1v) is 4.12. The predicted molar refractivity (Wildman–Crippen MR) is 52.3 cm³/mol. The summed E-state index contributed by atoms with van der Waals surface area (Å²) in [5.41, 5.74) is 0.801. The van der Waals surface area contributed by atoms with Gasteiger partial charge in [0.25, 0.3) is 0 Å². The molecule has 0 radical (unpaired) electrons. The summed E-state index contributed by atoms with van der Waals surface area (Å²) < 4.78 is 4.44. The summed E-state index contributed by atoms with van der Waals surface area (Å²) >= 11 is 5.84.